The number of aryl methyl sites for hydroxylation is 3. The maximum absolute atomic E-state index is 13.7. The molecule has 1 N–H and O–H groups in total. The van der Waals surface area contributed by atoms with Gasteiger partial charge in [0.05, 0.1) is 0 Å². The first-order valence-corrected chi connectivity index (χ1v) is 8.87. The van der Waals surface area contributed by atoms with Crippen molar-refractivity contribution in [2.75, 3.05) is 5.32 Å². The SMILES string of the molecule is Cc1cc2c(cc1-c1ccc(NCc3c(F)cccc3F)nc1)CCC2. The van der Waals surface area contributed by atoms with Crippen molar-refractivity contribution in [2.45, 2.75) is 32.7 Å². The van der Waals surface area contributed by atoms with E-state index < -0.39 is 11.6 Å². The van der Waals surface area contributed by atoms with Crippen LogP contribution in [0, 0.1) is 18.6 Å². The largest absolute Gasteiger partial charge is 0.366 e. The standard InChI is InChI=1S/C22H20F2N2/c1-14-10-15-4-2-5-16(15)11-18(14)17-8-9-22(25-12-17)26-13-19-20(23)6-3-7-21(19)24/h3,6-12H,2,4-5,13H2,1H3,(H,25,26). The third-order valence-electron chi connectivity index (χ3n) is 5.02. The Kier molecular flexibility index (Phi) is 4.41. The molecule has 26 heavy (non-hydrogen) atoms. The van der Waals surface area contributed by atoms with Crippen LogP contribution in [-0.2, 0) is 19.4 Å². The van der Waals surface area contributed by atoms with Crippen LogP contribution in [0.25, 0.3) is 11.1 Å². The molecule has 0 atom stereocenters. The average Bonchev–Trinajstić information content (AvgIpc) is 3.08. The Morgan fingerprint density at radius 1 is 1.00 bits per heavy atom. The van der Waals surface area contributed by atoms with Gasteiger partial charge in [0.25, 0.3) is 0 Å². The van der Waals surface area contributed by atoms with E-state index in [-0.39, 0.29) is 12.1 Å². The molecule has 0 saturated carbocycles. The van der Waals surface area contributed by atoms with E-state index in [2.05, 4.69) is 29.4 Å². The molecule has 0 bridgehead atoms. The summed E-state index contributed by atoms with van der Waals surface area (Å²) in [7, 11) is 0. The smallest absolute Gasteiger partial charge is 0.131 e. The van der Waals surface area contributed by atoms with Crippen molar-refractivity contribution < 1.29 is 8.78 Å². The molecule has 0 aliphatic heterocycles. The average molecular weight is 350 g/mol. The third-order valence-corrected chi connectivity index (χ3v) is 5.02. The van der Waals surface area contributed by atoms with Gasteiger partial charge in [-0.25, -0.2) is 13.8 Å². The van der Waals surface area contributed by atoms with Gasteiger partial charge in [-0.1, -0.05) is 18.2 Å². The second-order valence-corrected chi connectivity index (χ2v) is 6.78. The van der Waals surface area contributed by atoms with E-state index in [4.69, 9.17) is 0 Å². The Labute approximate surface area is 151 Å². The molecule has 1 aromatic heterocycles. The molecule has 2 nitrogen and oxygen atoms in total. The number of pyridine rings is 1. The minimum atomic E-state index is -0.553. The Balaban J connectivity index is 1.52. The number of nitrogens with one attached hydrogen (secondary N) is 1. The van der Waals surface area contributed by atoms with E-state index in [9.17, 15) is 8.78 Å². The molecule has 0 unspecified atom stereocenters. The van der Waals surface area contributed by atoms with Crippen LogP contribution < -0.4 is 5.32 Å². The summed E-state index contributed by atoms with van der Waals surface area (Å²) >= 11 is 0. The quantitative estimate of drug-likeness (QED) is 0.678. The molecule has 2 aromatic carbocycles. The summed E-state index contributed by atoms with van der Waals surface area (Å²) in [6, 6.07) is 12.3. The van der Waals surface area contributed by atoms with E-state index in [1.807, 2.05) is 18.3 Å². The lowest BCUT2D eigenvalue weighted by Gasteiger charge is -2.11. The number of fused-ring (bicyclic) bond motifs is 1. The molecule has 3 aromatic rings. The van der Waals surface area contributed by atoms with Crippen molar-refractivity contribution in [3.8, 4) is 11.1 Å². The summed E-state index contributed by atoms with van der Waals surface area (Å²) in [5.41, 5.74) is 6.42. The molecule has 0 radical (unpaired) electrons. The van der Waals surface area contributed by atoms with E-state index >= 15 is 0 Å². The van der Waals surface area contributed by atoms with Crippen LogP contribution >= 0.6 is 0 Å². The van der Waals surface area contributed by atoms with Gasteiger partial charge in [-0.2, -0.15) is 0 Å². The number of benzene rings is 2. The first-order valence-electron chi connectivity index (χ1n) is 8.87. The molecule has 0 amide bonds. The number of hydrogen-bond acceptors (Lipinski definition) is 2. The van der Waals surface area contributed by atoms with Gasteiger partial charge >= 0.3 is 0 Å². The second kappa shape index (κ2) is 6.87. The molecule has 0 saturated heterocycles. The topological polar surface area (TPSA) is 24.9 Å². The Morgan fingerprint density at radius 3 is 2.42 bits per heavy atom. The highest BCUT2D eigenvalue weighted by molar-refractivity contribution is 5.69. The number of anilines is 1. The molecule has 0 fully saturated rings. The van der Waals surface area contributed by atoms with E-state index in [1.165, 1.54) is 53.3 Å². The monoisotopic (exact) mass is 350 g/mol. The number of rotatable bonds is 4. The van der Waals surface area contributed by atoms with Gasteiger partial charge in [-0.05, 0) is 72.7 Å². The minimum absolute atomic E-state index is 0.0212. The third kappa shape index (κ3) is 3.19. The molecule has 0 spiro atoms. The zero-order chi connectivity index (χ0) is 18.1. The maximum atomic E-state index is 13.7. The van der Waals surface area contributed by atoms with Gasteiger partial charge in [-0.3, -0.25) is 0 Å². The highest BCUT2D eigenvalue weighted by Gasteiger charge is 2.14. The Morgan fingerprint density at radius 2 is 1.73 bits per heavy atom. The van der Waals surface area contributed by atoms with Gasteiger partial charge in [0, 0.05) is 23.9 Å². The van der Waals surface area contributed by atoms with Crippen LogP contribution in [0.5, 0.6) is 0 Å². The first kappa shape index (κ1) is 16.7. The van der Waals surface area contributed by atoms with Gasteiger partial charge in [0.2, 0.25) is 0 Å². The van der Waals surface area contributed by atoms with E-state index in [1.54, 1.807) is 0 Å². The summed E-state index contributed by atoms with van der Waals surface area (Å²) in [4.78, 5) is 4.41. The number of aromatic nitrogens is 1. The predicted molar refractivity (Wildman–Crippen MR) is 100 cm³/mol. The van der Waals surface area contributed by atoms with Crippen molar-refractivity contribution >= 4 is 5.82 Å². The Bertz CT molecular complexity index is 929. The number of hydrogen-bond donors (Lipinski definition) is 1. The van der Waals surface area contributed by atoms with Gasteiger partial charge < -0.3 is 5.32 Å². The lowest BCUT2D eigenvalue weighted by Crippen LogP contribution is -2.05. The highest BCUT2D eigenvalue weighted by atomic mass is 19.1. The van der Waals surface area contributed by atoms with Crippen molar-refractivity contribution in [1.29, 1.82) is 0 Å². The predicted octanol–water partition coefficient (Wildman–Crippen LogP) is 5.44. The van der Waals surface area contributed by atoms with Crippen LogP contribution in [0.3, 0.4) is 0 Å². The first-order chi connectivity index (χ1) is 12.6. The Hall–Kier alpha value is -2.75. The zero-order valence-corrected chi connectivity index (χ0v) is 14.7. The van der Waals surface area contributed by atoms with Crippen LogP contribution in [0.15, 0.2) is 48.7 Å². The van der Waals surface area contributed by atoms with Crippen LogP contribution in [0.2, 0.25) is 0 Å². The molecular formula is C22H20F2N2. The summed E-state index contributed by atoms with van der Waals surface area (Å²) in [5, 5.41) is 2.99. The van der Waals surface area contributed by atoms with Crippen LogP contribution in [0.4, 0.5) is 14.6 Å². The molecular weight excluding hydrogens is 330 g/mol. The molecule has 1 heterocycles. The maximum Gasteiger partial charge on any atom is 0.131 e. The normalized spacial score (nSPS) is 12.9. The summed E-state index contributed by atoms with van der Waals surface area (Å²) in [6.45, 7) is 2.18. The van der Waals surface area contributed by atoms with E-state index in [0.29, 0.717) is 5.82 Å². The summed E-state index contributed by atoms with van der Waals surface area (Å²) in [5.74, 6) is -0.513. The highest BCUT2D eigenvalue weighted by Crippen LogP contribution is 2.31. The van der Waals surface area contributed by atoms with Crippen LogP contribution in [0.1, 0.15) is 28.7 Å². The number of nitrogens with zero attached hydrogens (tertiary/aromatic N) is 1. The molecule has 132 valence electrons. The van der Waals surface area contributed by atoms with Gasteiger partial charge in [0.15, 0.2) is 0 Å². The number of halogens is 2. The lowest BCUT2D eigenvalue weighted by molar-refractivity contribution is 0.560. The fourth-order valence-electron chi connectivity index (χ4n) is 3.60. The lowest BCUT2D eigenvalue weighted by atomic mass is 9.96. The molecule has 4 heteroatoms. The second-order valence-electron chi connectivity index (χ2n) is 6.78. The molecule has 1 aliphatic rings. The molecule has 4 rings (SSSR count). The van der Waals surface area contributed by atoms with Crippen molar-refractivity contribution in [3.63, 3.8) is 0 Å². The van der Waals surface area contributed by atoms with Crippen molar-refractivity contribution in [2.24, 2.45) is 0 Å². The zero-order valence-electron chi connectivity index (χ0n) is 14.7. The van der Waals surface area contributed by atoms with Crippen molar-refractivity contribution in [1.82, 2.24) is 4.98 Å². The molecule has 1 aliphatic carbocycles. The van der Waals surface area contributed by atoms with Crippen molar-refractivity contribution in [3.05, 3.63) is 82.5 Å². The fourth-order valence-corrected chi connectivity index (χ4v) is 3.60. The minimum Gasteiger partial charge on any atom is -0.366 e. The van der Waals surface area contributed by atoms with Gasteiger partial charge in [0.1, 0.15) is 17.5 Å². The van der Waals surface area contributed by atoms with Gasteiger partial charge in [-0.15, -0.1) is 0 Å². The summed E-state index contributed by atoms with van der Waals surface area (Å²) in [6.07, 6.45) is 5.35. The fraction of sp³-hybridized carbons (Fsp3) is 0.227. The van der Waals surface area contributed by atoms with Crippen LogP contribution in [-0.4, -0.2) is 4.98 Å². The van der Waals surface area contributed by atoms with E-state index in [0.717, 1.165) is 12.0 Å². The summed E-state index contributed by atoms with van der Waals surface area (Å²) < 4.78 is 27.4.